The summed E-state index contributed by atoms with van der Waals surface area (Å²) in [7, 11) is 2.12. The quantitative estimate of drug-likeness (QED) is 0.645. The van der Waals surface area contributed by atoms with Crippen molar-refractivity contribution in [2.75, 3.05) is 13.6 Å². The minimum Gasteiger partial charge on any atom is -0.341 e. The number of rotatable bonds is 3. The Bertz CT molecular complexity index is 954. The Morgan fingerprint density at radius 1 is 1.12 bits per heavy atom. The summed E-state index contributed by atoms with van der Waals surface area (Å²) in [6.07, 6.45) is 0.916. The molecular weight excluding hydrogens is 330 g/mol. The molecule has 3 aromatic rings. The van der Waals surface area contributed by atoms with E-state index < -0.39 is 5.67 Å². The van der Waals surface area contributed by atoms with Gasteiger partial charge in [0.2, 0.25) is 0 Å². The lowest BCUT2D eigenvalue weighted by Gasteiger charge is -2.27. The van der Waals surface area contributed by atoms with Crippen molar-refractivity contribution in [1.29, 1.82) is 0 Å². The average molecular weight is 354 g/mol. The molecule has 0 radical (unpaired) electrons. The van der Waals surface area contributed by atoms with Crippen molar-refractivity contribution in [3.63, 3.8) is 0 Å². The van der Waals surface area contributed by atoms with E-state index in [0.717, 1.165) is 25.0 Å². The Morgan fingerprint density at radius 2 is 1.85 bits per heavy atom. The van der Waals surface area contributed by atoms with Crippen LogP contribution in [0.15, 0.2) is 42.5 Å². The number of alkyl halides is 1. The molecule has 0 N–H and O–H groups in total. The summed E-state index contributed by atoms with van der Waals surface area (Å²) in [5.41, 5.74) is 3.78. The molecule has 0 spiro atoms. The molecule has 0 saturated heterocycles. The van der Waals surface area contributed by atoms with Gasteiger partial charge in [-0.1, -0.05) is 23.8 Å². The molecule has 2 aromatic carbocycles. The van der Waals surface area contributed by atoms with Gasteiger partial charge in [0, 0.05) is 36.1 Å². The average Bonchev–Trinajstić information content (AvgIpc) is 2.87. The van der Waals surface area contributed by atoms with Gasteiger partial charge in [0.1, 0.15) is 5.82 Å². The number of benzene rings is 2. The molecular formula is C22H24F2N2. The summed E-state index contributed by atoms with van der Waals surface area (Å²) in [5, 5.41) is 1.22. The second-order valence-electron chi connectivity index (χ2n) is 7.72. The van der Waals surface area contributed by atoms with Crippen LogP contribution in [0, 0.1) is 12.7 Å². The predicted molar refractivity (Wildman–Crippen MR) is 102 cm³/mol. The van der Waals surface area contributed by atoms with Crippen molar-refractivity contribution in [1.82, 2.24) is 9.47 Å². The first kappa shape index (κ1) is 17.2. The monoisotopic (exact) mass is 354 g/mol. The predicted octanol–water partition coefficient (Wildman–Crippen LogP) is 4.96. The first-order valence-corrected chi connectivity index (χ1v) is 9.09. The highest BCUT2D eigenvalue weighted by Crippen LogP contribution is 2.35. The van der Waals surface area contributed by atoms with Gasteiger partial charge in [0.25, 0.3) is 0 Å². The first-order chi connectivity index (χ1) is 12.3. The maximum Gasteiger partial charge on any atom is 0.151 e. The topological polar surface area (TPSA) is 8.17 Å². The molecule has 1 unspecified atom stereocenters. The maximum atomic E-state index is 15.6. The van der Waals surface area contributed by atoms with Gasteiger partial charge in [-0.25, -0.2) is 8.78 Å². The van der Waals surface area contributed by atoms with E-state index in [0.29, 0.717) is 5.56 Å². The van der Waals surface area contributed by atoms with Gasteiger partial charge in [-0.3, -0.25) is 0 Å². The Morgan fingerprint density at radius 3 is 2.58 bits per heavy atom. The minimum absolute atomic E-state index is 0.233. The largest absolute Gasteiger partial charge is 0.341 e. The van der Waals surface area contributed by atoms with Crippen molar-refractivity contribution >= 4 is 10.9 Å². The van der Waals surface area contributed by atoms with Crippen LogP contribution in [0.25, 0.3) is 10.9 Å². The number of nitrogens with zero attached hydrogens (tertiary/aromatic N) is 2. The third-order valence-electron chi connectivity index (χ3n) is 5.50. The van der Waals surface area contributed by atoms with Gasteiger partial charge in [-0.15, -0.1) is 0 Å². The number of aryl methyl sites for hydroxylation is 1. The highest BCUT2D eigenvalue weighted by molar-refractivity contribution is 5.86. The van der Waals surface area contributed by atoms with Gasteiger partial charge < -0.3 is 9.47 Å². The van der Waals surface area contributed by atoms with Crippen LogP contribution in [-0.4, -0.2) is 23.1 Å². The van der Waals surface area contributed by atoms with Gasteiger partial charge in [0.15, 0.2) is 5.67 Å². The smallest absolute Gasteiger partial charge is 0.151 e. The van der Waals surface area contributed by atoms with E-state index in [9.17, 15) is 4.39 Å². The molecule has 0 amide bonds. The minimum atomic E-state index is -1.57. The number of fused-ring (bicyclic) bond motifs is 3. The number of likely N-dealkylation sites (N-methyl/N-ethyl adjacent to an activating group) is 1. The molecule has 0 fully saturated rings. The molecule has 26 heavy (non-hydrogen) atoms. The molecule has 1 aliphatic rings. The lowest BCUT2D eigenvalue weighted by molar-refractivity contribution is 0.161. The van der Waals surface area contributed by atoms with Crippen LogP contribution in [0.1, 0.15) is 29.3 Å². The van der Waals surface area contributed by atoms with Crippen LogP contribution in [-0.2, 0) is 25.2 Å². The zero-order valence-electron chi connectivity index (χ0n) is 15.5. The summed E-state index contributed by atoms with van der Waals surface area (Å²) in [6.45, 7) is 5.77. The normalized spacial score (nSPS) is 17.3. The molecule has 1 atom stereocenters. The van der Waals surface area contributed by atoms with Crippen LogP contribution in [0.2, 0.25) is 0 Å². The van der Waals surface area contributed by atoms with Crippen molar-refractivity contribution in [3.8, 4) is 0 Å². The van der Waals surface area contributed by atoms with Gasteiger partial charge in [-0.05, 0) is 56.3 Å². The van der Waals surface area contributed by atoms with Crippen LogP contribution in [0.4, 0.5) is 8.78 Å². The number of hydrogen-bond acceptors (Lipinski definition) is 1. The number of aromatic nitrogens is 1. The highest BCUT2D eigenvalue weighted by Gasteiger charge is 2.30. The maximum absolute atomic E-state index is 15.6. The summed E-state index contributed by atoms with van der Waals surface area (Å²) >= 11 is 0. The van der Waals surface area contributed by atoms with Crippen LogP contribution in [0.3, 0.4) is 0 Å². The molecule has 4 heteroatoms. The second kappa shape index (κ2) is 6.20. The molecule has 1 aliphatic heterocycles. The van der Waals surface area contributed by atoms with E-state index in [4.69, 9.17) is 0 Å². The molecule has 136 valence electrons. The molecule has 0 aliphatic carbocycles. The number of halogens is 2. The fourth-order valence-electron chi connectivity index (χ4n) is 4.06. The van der Waals surface area contributed by atoms with Crippen molar-refractivity contribution in [3.05, 3.63) is 70.7 Å². The van der Waals surface area contributed by atoms with E-state index in [1.807, 2.05) is 0 Å². The van der Waals surface area contributed by atoms with Gasteiger partial charge in [0.05, 0.1) is 6.54 Å². The Hall–Kier alpha value is -2.20. The Labute approximate surface area is 153 Å². The summed E-state index contributed by atoms with van der Waals surface area (Å²) in [6, 6.07) is 12.1. The Balaban J connectivity index is 1.82. The standard InChI is InChI=1S/C22H24F2N2/c1-15-4-9-20-18(12-15)19-13-25(3)11-10-21(19)26(20)14-22(2,24)16-5-7-17(23)8-6-16/h4-9,12H,10-11,13-14H2,1-3H3. The summed E-state index contributed by atoms with van der Waals surface area (Å²) < 4.78 is 31.0. The third kappa shape index (κ3) is 2.92. The third-order valence-corrected chi connectivity index (χ3v) is 5.50. The van der Waals surface area contributed by atoms with E-state index in [1.165, 1.54) is 34.3 Å². The van der Waals surface area contributed by atoms with Gasteiger partial charge >= 0.3 is 0 Å². The van der Waals surface area contributed by atoms with Gasteiger partial charge in [-0.2, -0.15) is 0 Å². The summed E-state index contributed by atoms with van der Waals surface area (Å²) in [5.74, 6) is -0.341. The molecule has 0 bridgehead atoms. The van der Waals surface area contributed by atoms with E-state index in [-0.39, 0.29) is 12.4 Å². The van der Waals surface area contributed by atoms with Crippen molar-refractivity contribution in [2.45, 2.75) is 39.0 Å². The van der Waals surface area contributed by atoms with Crippen molar-refractivity contribution in [2.24, 2.45) is 0 Å². The van der Waals surface area contributed by atoms with Crippen LogP contribution >= 0.6 is 0 Å². The zero-order valence-corrected chi connectivity index (χ0v) is 15.5. The van der Waals surface area contributed by atoms with Crippen molar-refractivity contribution < 1.29 is 8.78 Å². The lowest BCUT2D eigenvalue weighted by Crippen LogP contribution is -2.29. The molecule has 4 rings (SSSR count). The highest BCUT2D eigenvalue weighted by atomic mass is 19.1. The first-order valence-electron chi connectivity index (χ1n) is 9.09. The van der Waals surface area contributed by atoms with Crippen LogP contribution < -0.4 is 0 Å². The Kier molecular flexibility index (Phi) is 4.11. The summed E-state index contributed by atoms with van der Waals surface area (Å²) in [4.78, 5) is 2.31. The number of hydrogen-bond donors (Lipinski definition) is 0. The van der Waals surface area contributed by atoms with Crippen LogP contribution in [0.5, 0.6) is 0 Å². The molecule has 1 aromatic heterocycles. The molecule has 0 saturated carbocycles. The van der Waals surface area contributed by atoms with E-state index >= 15 is 4.39 Å². The zero-order chi connectivity index (χ0) is 18.5. The molecule has 2 heterocycles. The fraction of sp³-hybridized carbons (Fsp3) is 0.364. The molecule has 2 nitrogen and oxygen atoms in total. The van der Waals surface area contributed by atoms with E-state index in [2.05, 4.69) is 41.6 Å². The second-order valence-corrected chi connectivity index (χ2v) is 7.72. The fourth-order valence-corrected chi connectivity index (χ4v) is 4.06. The SMILES string of the molecule is Cc1ccc2c(c1)c1c(n2CC(C)(F)c2ccc(F)cc2)CCN(C)C1. The van der Waals surface area contributed by atoms with E-state index in [1.54, 1.807) is 19.1 Å². The lowest BCUT2D eigenvalue weighted by atomic mass is 9.97.